The number of ether oxygens (including phenoxy) is 1. The van der Waals surface area contributed by atoms with Crippen LogP contribution in [0.2, 0.25) is 5.02 Å². The molecule has 132 valence electrons. The maximum Gasteiger partial charge on any atom is 0.257 e. The van der Waals surface area contributed by atoms with Gasteiger partial charge in [0, 0.05) is 18.1 Å². The number of amides is 1. The summed E-state index contributed by atoms with van der Waals surface area (Å²) in [6.45, 7) is 2.27. The highest BCUT2D eigenvalue weighted by atomic mass is 35.5. The van der Waals surface area contributed by atoms with Crippen molar-refractivity contribution in [2.24, 2.45) is 0 Å². The number of aromatic nitrogens is 2. The highest BCUT2D eigenvalue weighted by Crippen LogP contribution is 2.23. The van der Waals surface area contributed by atoms with Gasteiger partial charge in [0.2, 0.25) is 0 Å². The van der Waals surface area contributed by atoms with Crippen molar-refractivity contribution in [3.05, 3.63) is 64.9 Å². The van der Waals surface area contributed by atoms with Crippen LogP contribution < -0.4 is 0 Å². The van der Waals surface area contributed by atoms with Crippen molar-refractivity contribution in [1.29, 1.82) is 0 Å². The molecular weight excluding hydrogens is 350 g/mol. The molecule has 1 amide bonds. The zero-order valence-corrected chi connectivity index (χ0v) is 14.9. The number of fused-ring (bicyclic) bond motifs is 1. The number of H-pyrrole nitrogens is 1. The lowest BCUT2D eigenvalue weighted by atomic mass is 10.1. The van der Waals surface area contributed by atoms with Gasteiger partial charge in [-0.2, -0.15) is 0 Å². The molecule has 4 rings (SSSR count). The Morgan fingerprint density at radius 3 is 2.58 bits per heavy atom. The summed E-state index contributed by atoms with van der Waals surface area (Å²) in [6, 6.07) is 15.1. The van der Waals surface area contributed by atoms with E-state index in [2.05, 4.69) is 9.97 Å². The third kappa shape index (κ3) is 3.49. The summed E-state index contributed by atoms with van der Waals surface area (Å²) in [4.78, 5) is 22.8. The molecule has 1 N–H and O–H groups in total. The number of para-hydroxylation sites is 2. The van der Waals surface area contributed by atoms with Crippen molar-refractivity contribution in [3.63, 3.8) is 0 Å². The lowest BCUT2D eigenvalue weighted by Crippen LogP contribution is -2.41. The van der Waals surface area contributed by atoms with Crippen molar-refractivity contribution in [1.82, 2.24) is 14.9 Å². The van der Waals surface area contributed by atoms with Gasteiger partial charge >= 0.3 is 0 Å². The van der Waals surface area contributed by atoms with E-state index in [0.29, 0.717) is 42.7 Å². The van der Waals surface area contributed by atoms with Gasteiger partial charge in [0.15, 0.2) is 0 Å². The molecule has 2 heterocycles. The first-order valence-electron chi connectivity index (χ1n) is 8.50. The van der Waals surface area contributed by atoms with Crippen LogP contribution in [0.1, 0.15) is 11.4 Å². The van der Waals surface area contributed by atoms with Crippen LogP contribution in [0.4, 0.5) is 0 Å². The van der Waals surface area contributed by atoms with Crippen LogP contribution >= 0.6 is 11.6 Å². The summed E-state index contributed by atoms with van der Waals surface area (Å²) in [5, 5.41) is 0.659. The number of aromatic amines is 1. The van der Waals surface area contributed by atoms with E-state index < -0.39 is 0 Å². The lowest BCUT2D eigenvalue weighted by Gasteiger charge is -2.27. The SMILES string of the molecule is O=C(/C(=C/c1ccc(Cl)cc1)c1nc2ccccc2[nH]1)N1CCOCC1. The molecule has 0 aliphatic carbocycles. The normalized spacial score (nSPS) is 15.4. The van der Waals surface area contributed by atoms with Crippen molar-refractivity contribution >= 4 is 40.2 Å². The molecule has 0 saturated carbocycles. The molecule has 0 radical (unpaired) electrons. The molecule has 1 aromatic heterocycles. The van der Waals surface area contributed by atoms with Gasteiger partial charge in [-0.05, 0) is 35.9 Å². The van der Waals surface area contributed by atoms with E-state index in [9.17, 15) is 4.79 Å². The summed E-state index contributed by atoms with van der Waals surface area (Å²) < 4.78 is 5.36. The number of nitrogens with one attached hydrogen (secondary N) is 1. The summed E-state index contributed by atoms with van der Waals surface area (Å²) in [7, 11) is 0. The maximum absolute atomic E-state index is 13.2. The predicted molar refractivity (Wildman–Crippen MR) is 103 cm³/mol. The van der Waals surface area contributed by atoms with Gasteiger partial charge in [0.05, 0.1) is 29.8 Å². The Labute approximate surface area is 156 Å². The molecule has 0 spiro atoms. The fourth-order valence-corrected chi connectivity index (χ4v) is 3.10. The largest absolute Gasteiger partial charge is 0.378 e. The quantitative estimate of drug-likeness (QED) is 0.719. The van der Waals surface area contributed by atoms with Gasteiger partial charge in [0.1, 0.15) is 5.82 Å². The number of halogens is 1. The number of hydrogen-bond donors (Lipinski definition) is 1. The van der Waals surface area contributed by atoms with E-state index >= 15 is 0 Å². The van der Waals surface area contributed by atoms with E-state index in [-0.39, 0.29) is 5.91 Å². The zero-order chi connectivity index (χ0) is 17.9. The third-order valence-corrected chi connectivity index (χ3v) is 4.61. The fraction of sp³-hybridized carbons (Fsp3) is 0.200. The third-order valence-electron chi connectivity index (χ3n) is 4.35. The van der Waals surface area contributed by atoms with Gasteiger partial charge in [-0.25, -0.2) is 4.98 Å². The van der Waals surface area contributed by atoms with Crippen molar-refractivity contribution in [2.45, 2.75) is 0 Å². The predicted octanol–water partition coefficient (Wildman–Crippen LogP) is 3.62. The van der Waals surface area contributed by atoms with Crippen LogP contribution in [0.5, 0.6) is 0 Å². The van der Waals surface area contributed by atoms with E-state index in [1.54, 1.807) is 4.90 Å². The molecule has 6 heteroatoms. The number of rotatable bonds is 3. The number of imidazole rings is 1. The average molecular weight is 368 g/mol. The Hall–Kier alpha value is -2.63. The molecule has 5 nitrogen and oxygen atoms in total. The second-order valence-corrected chi connectivity index (χ2v) is 6.55. The summed E-state index contributed by atoms with van der Waals surface area (Å²) >= 11 is 5.97. The van der Waals surface area contributed by atoms with Crippen LogP contribution in [-0.2, 0) is 9.53 Å². The molecule has 1 aliphatic heterocycles. The second kappa shape index (κ2) is 7.32. The standard InChI is InChI=1S/C20H18ClN3O2/c21-15-7-5-14(6-8-15)13-16(20(25)24-9-11-26-12-10-24)19-22-17-3-1-2-4-18(17)23-19/h1-8,13H,9-12H2,(H,22,23)/b16-13+. The van der Waals surface area contributed by atoms with Gasteiger partial charge in [-0.15, -0.1) is 0 Å². The Kier molecular flexibility index (Phi) is 4.73. The van der Waals surface area contributed by atoms with Crippen LogP contribution in [0.3, 0.4) is 0 Å². The molecule has 0 unspecified atom stereocenters. The number of hydrogen-bond acceptors (Lipinski definition) is 3. The summed E-state index contributed by atoms with van der Waals surface area (Å²) in [5.74, 6) is 0.514. The van der Waals surface area contributed by atoms with Gasteiger partial charge < -0.3 is 14.6 Å². The van der Waals surface area contributed by atoms with E-state index in [4.69, 9.17) is 16.3 Å². The Morgan fingerprint density at radius 1 is 1.12 bits per heavy atom. The first kappa shape index (κ1) is 16.8. The molecule has 1 fully saturated rings. The Morgan fingerprint density at radius 2 is 1.85 bits per heavy atom. The number of morpholine rings is 1. The van der Waals surface area contributed by atoms with E-state index in [0.717, 1.165) is 16.6 Å². The van der Waals surface area contributed by atoms with Crippen LogP contribution in [0.25, 0.3) is 22.7 Å². The minimum absolute atomic E-state index is 0.0534. The maximum atomic E-state index is 13.2. The van der Waals surface area contributed by atoms with E-state index in [1.165, 1.54) is 0 Å². The highest BCUT2D eigenvalue weighted by molar-refractivity contribution is 6.30. The topological polar surface area (TPSA) is 58.2 Å². The number of carbonyl (C=O) groups is 1. The molecule has 0 atom stereocenters. The van der Waals surface area contributed by atoms with Gasteiger partial charge in [0.25, 0.3) is 5.91 Å². The smallest absolute Gasteiger partial charge is 0.257 e. The zero-order valence-electron chi connectivity index (χ0n) is 14.1. The number of benzene rings is 2. The van der Waals surface area contributed by atoms with Crippen LogP contribution in [0, 0.1) is 0 Å². The Balaban J connectivity index is 1.77. The number of carbonyl (C=O) groups excluding carboxylic acids is 1. The van der Waals surface area contributed by atoms with Crippen molar-refractivity contribution in [3.8, 4) is 0 Å². The van der Waals surface area contributed by atoms with E-state index in [1.807, 2.05) is 54.6 Å². The molecule has 1 saturated heterocycles. The Bertz CT molecular complexity index is 924. The fourth-order valence-electron chi connectivity index (χ4n) is 2.97. The second-order valence-electron chi connectivity index (χ2n) is 6.12. The minimum Gasteiger partial charge on any atom is -0.378 e. The van der Waals surface area contributed by atoms with Gasteiger partial charge in [-0.3, -0.25) is 4.79 Å². The first-order chi connectivity index (χ1) is 12.7. The first-order valence-corrected chi connectivity index (χ1v) is 8.88. The minimum atomic E-state index is -0.0534. The summed E-state index contributed by atoms with van der Waals surface area (Å²) in [5.41, 5.74) is 3.16. The van der Waals surface area contributed by atoms with Crippen LogP contribution in [-0.4, -0.2) is 47.1 Å². The average Bonchev–Trinajstić information content (AvgIpc) is 3.11. The monoisotopic (exact) mass is 367 g/mol. The molecule has 2 aromatic carbocycles. The van der Waals surface area contributed by atoms with Crippen molar-refractivity contribution < 1.29 is 9.53 Å². The molecular formula is C20H18ClN3O2. The van der Waals surface area contributed by atoms with Crippen LogP contribution in [0.15, 0.2) is 48.5 Å². The highest BCUT2D eigenvalue weighted by Gasteiger charge is 2.24. The number of nitrogens with zero attached hydrogens (tertiary/aromatic N) is 2. The molecule has 26 heavy (non-hydrogen) atoms. The van der Waals surface area contributed by atoms with Gasteiger partial charge in [-0.1, -0.05) is 35.9 Å². The molecule has 0 bridgehead atoms. The molecule has 3 aromatic rings. The van der Waals surface area contributed by atoms with Crippen molar-refractivity contribution in [2.75, 3.05) is 26.3 Å². The summed E-state index contributed by atoms with van der Waals surface area (Å²) in [6.07, 6.45) is 1.85. The molecule has 1 aliphatic rings. The lowest BCUT2D eigenvalue weighted by molar-refractivity contribution is -0.128.